The maximum atomic E-state index is 12.2. The molecule has 0 unspecified atom stereocenters. The van der Waals surface area contributed by atoms with Gasteiger partial charge in [-0.1, -0.05) is 29.8 Å². The Morgan fingerprint density at radius 2 is 1.79 bits per heavy atom. The molecule has 2 aromatic carbocycles. The second kappa shape index (κ2) is 8.91. The Hall–Kier alpha value is -2.83. The van der Waals surface area contributed by atoms with E-state index in [1.165, 1.54) is 11.3 Å². The third-order valence-electron chi connectivity index (χ3n) is 3.87. The Balaban J connectivity index is 1.59. The zero-order valence-electron chi connectivity index (χ0n) is 15.4. The fraction of sp³-hybridized carbons (Fsp3) is 0.143. The average molecular weight is 415 g/mol. The van der Waals surface area contributed by atoms with Crippen molar-refractivity contribution in [1.82, 2.24) is 0 Å². The fourth-order valence-electron chi connectivity index (χ4n) is 2.70. The minimum Gasteiger partial charge on any atom is -0.482 e. The van der Waals surface area contributed by atoms with Crippen molar-refractivity contribution in [3.05, 3.63) is 74.9 Å². The molecule has 1 heterocycles. The van der Waals surface area contributed by atoms with Crippen molar-refractivity contribution in [2.75, 3.05) is 17.2 Å². The fourth-order valence-corrected chi connectivity index (χ4v) is 3.69. The summed E-state index contributed by atoms with van der Waals surface area (Å²) in [7, 11) is 0. The first-order chi connectivity index (χ1) is 13.4. The van der Waals surface area contributed by atoms with E-state index in [2.05, 4.69) is 10.6 Å². The number of nitrogens with one attached hydrogen (secondary N) is 2. The van der Waals surface area contributed by atoms with Gasteiger partial charge in [0.1, 0.15) is 5.75 Å². The van der Waals surface area contributed by atoms with E-state index in [1.807, 2.05) is 31.4 Å². The van der Waals surface area contributed by atoms with Gasteiger partial charge in [0.15, 0.2) is 6.61 Å². The lowest BCUT2D eigenvalue weighted by Gasteiger charge is -2.12. The van der Waals surface area contributed by atoms with Gasteiger partial charge in [-0.05, 0) is 60.7 Å². The number of anilines is 2. The lowest BCUT2D eigenvalue weighted by molar-refractivity contribution is -0.118. The summed E-state index contributed by atoms with van der Waals surface area (Å²) in [5, 5.41) is 7.88. The molecule has 0 radical (unpaired) electrons. The van der Waals surface area contributed by atoms with Crippen molar-refractivity contribution in [3.63, 3.8) is 0 Å². The monoisotopic (exact) mass is 414 g/mol. The minimum absolute atomic E-state index is 0.171. The van der Waals surface area contributed by atoms with Crippen molar-refractivity contribution < 1.29 is 14.3 Å². The number of thiophene rings is 1. The maximum absolute atomic E-state index is 12.2. The molecule has 0 aliphatic heterocycles. The highest BCUT2D eigenvalue weighted by molar-refractivity contribution is 7.12. The number of carbonyl (C=O) groups is 2. The van der Waals surface area contributed by atoms with Crippen molar-refractivity contribution in [2.45, 2.75) is 13.8 Å². The summed E-state index contributed by atoms with van der Waals surface area (Å²) in [5.41, 5.74) is 3.05. The highest BCUT2D eigenvalue weighted by Gasteiger charge is 2.11. The van der Waals surface area contributed by atoms with E-state index in [1.54, 1.807) is 36.4 Å². The van der Waals surface area contributed by atoms with Crippen LogP contribution < -0.4 is 15.4 Å². The highest BCUT2D eigenvalue weighted by atomic mass is 35.5. The second-order valence-corrected chi connectivity index (χ2v) is 7.60. The van der Waals surface area contributed by atoms with Crippen LogP contribution in [0.25, 0.3) is 0 Å². The predicted molar refractivity (Wildman–Crippen MR) is 114 cm³/mol. The van der Waals surface area contributed by atoms with E-state index in [4.69, 9.17) is 16.3 Å². The van der Waals surface area contributed by atoms with Crippen LogP contribution in [0.15, 0.2) is 53.9 Å². The molecule has 0 aliphatic rings. The molecule has 3 aromatic rings. The standard InChI is InChI=1S/C21H19ClN2O3S/c1-13-9-14(2)20(17(22)10-13)27-12-19(25)23-15-5-3-6-16(11-15)24-21(26)18-7-4-8-28-18/h3-11H,12H2,1-2H3,(H,23,25)(H,24,26). The van der Waals surface area contributed by atoms with E-state index < -0.39 is 0 Å². The Morgan fingerprint density at radius 3 is 2.46 bits per heavy atom. The number of hydrogen-bond donors (Lipinski definition) is 2. The van der Waals surface area contributed by atoms with Gasteiger partial charge in [-0.3, -0.25) is 9.59 Å². The molecule has 0 fully saturated rings. The van der Waals surface area contributed by atoms with Crippen LogP contribution in [0.1, 0.15) is 20.8 Å². The van der Waals surface area contributed by atoms with Crippen molar-refractivity contribution in [2.24, 2.45) is 0 Å². The molecule has 28 heavy (non-hydrogen) atoms. The van der Waals surface area contributed by atoms with E-state index in [0.29, 0.717) is 27.0 Å². The number of halogens is 1. The average Bonchev–Trinajstić information content (AvgIpc) is 3.16. The van der Waals surface area contributed by atoms with Gasteiger partial charge in [-0.2, -0.15) is 0 Å². The summed E-state index contributed by atoms with van der Waals surface area (Å²) in [6.07, 6.45) is 0. The topological polar surface area (TPSA) is 67.4 Å². The molecular formula is C21H19ClN2O3S. The number of rotatable bonds is 6. The molecule has 7 heteroatoms. The van der Waals surface area contributed by atoms with E-state index in [9.17, 15) is 9.59 Å². The molecule has 2 amide bonds. The molecule has 0 aliphatic carbocycles. The third-order valence-corrected chi connectivity index (χ3v) is 5.02. The first kappa shape index (κ1) is 19.9. The van der Waals surface area contributed by atoms with Crippen LogP contribution in [0.4, 0.5) is 11.4 Å². The summed E-state index contributed by atoms with van der Waals surface area (Å²) in [5.74, 6) is -0.0107. The van der Waals surface area contributed by atoms with Crippen LogP contribution >= 0.6 is 22.9 Å². The lowest BCUT2D eigenvalue weighted by Crippen LogP contribution is -2.20. The Labute approximate surface area is 172 Å². The normalized spacial score (nSPS) is 10.4. The maximum Gasteiger partial charge on any atom is 0.265 e. The molecule has 5 nitrogen and oxygen atoms in total. The second-order valence-electron chi connectivity index (χ2n) is 6.24. The summed E-state index contributed by atoms with van der Waals surface area (Å²) in [6, 6.07) is 14.2. The quantitative estimate of drug-likeness (QED) is 0.576. The van der Waals surface area contributed by atoms with Gasteiger partial charge < -0.3 is 15.4 Å². The number of amides is 2. The van der Waals surface area contributed by atoms with Crippen LogP contribution in [0.2, 0.25) is 5.02 Å². The predicted octanol–water partition coefficient (Wildman–Crippen LogP) is 5.29. The van der Waals surface area contributed by atoms with Gasteiger partial charge in [-0.15, -0.1) is 11.3 Å². The Bertz CT molecular complexity index is 980. The Morgan fingerprint density at radius 1 is 1.04 bits per heavy atom. The van der Waals surface area contributed by atoms with Gasteiger partial charge >= 0.3 is 0 Å². The van der Waals surface area contributed by atoms with Crippen molar-refractivity contribution >= 4 is 46.1 Å². The first-order valence-corrected chi connectivity index (χ1v) is 9.82. The minimum atomic E-state index is -0.322. The zero-order valence-corrected chi connectivity index (χ0v) is 17.0. The molecule has 0 spiro atoms. The molecule has 3 rings (SSSR count). The molecule has 0 bridgehead atoms. The molecule has 2 N–H and O–H groups in total. The highest BCUT2D eigenvalue weighted by Crippen LogP contribution is 2.29. The van der Waals surface area contributed by atoms with Crippen LogP contribution in [-0.4, -0.2) is 18.4 Å². The summed E-state index contributed by atoms with van der Waals surface area (Å²) < 4.78 is 5.59. The van der Waals surface area contributed by atoms with Gasteiger partial charge in [0.2, 0.25) is 0 Å². The zero-order chi connectivity index (χ0) is 20.1. The number of ether oxygens (including phenoxy) is 1. The van der Waals surface area contributed by atoms with Crippen LogP contribution in [0, 0.1) is 13.8 Å². The van der Waals surface area contributed by atoms with Crippen molar-refractivity contribution in [3.8, 4) is 5.75 Å². The van der Waals surface area contributed by atoms with Gasteiger partial charge in [0.05, 0.1) is 9.90 Å². The number of benzene rings is 2. The lowest BCUT2D eigenvalue weighted by atomic mass is 10.1. The van der Waals surface area contributed by atoms with Crippen LogP contribution in [-0.2, 0) is 4.79 Å². The molecular weight excluding hydrogens is 396 g/mol. The van der Waals surface area contributed by atoms with Crippen molar-refractivity contribution in [1.29, 1.82) is 0 Å². The molecule has 0 atom stereocenters. The first-order valence-electron chi connectivity index (χ1n) is 8.56. The summed E-state index contributed by atoms with van der Waals surface area (Å²) >= 11 is 7.56. The summed E-state index contributed by atoms with van der Waals surface area (Å²) in [4.78, 5) is 25.0. The van der Waals surface area contributed by atoms with E-state index >= 15 is 0 Å². The summed E-state index contributed by atoms with van der Waals surface area (Å²) in [6.45, 7) is 3.65. The largest absolute Gasteiger partial charge is 0.482 e. The van der Waals surface area contributed by atoms with E-state index in [-0.39, 0.29) is 18.4 Å². The van der Waals surface area contributed by atoms with Gasteiger partial charge in [-0.25, -0.2) is 0 Å². The van der Waals surface area contributed by atoms with E-state index in [0.717, 1.165) is 11.1 Å². The molecule has 0 saturated heterocycles. The SMILES string of the molecule is Cc1cc(C)c(OCC(=O)Nc2cccc(NC(=O)c3cccs3)c2)c(Cl)c1. The van der Waals surface area contributed by atoms with Gasteiger partial charge in [0, 0.05) is 11.4 Å². The van der Waals surface area contributed by atoms with Crippen LogP contribution in [0.3, 0.4) is 0 Å². The number of aryl methyl sites for hydroxylation is 2. The number of carbonyl (C=O) groups excluding carboxylic acids is 2. The molecule has 0 saturated carbocycles. The smallest absolute Gasteiger partial charge is 0.265 e. The van der Waals surface area contributed by atoms with Gasteiger partial charge in [0.25, 0.3) is 11.8 Å². The van der Waals surface area contributed by atoms with Crippen LogP contribution in [0.5, 0.6) is 5.75 Å². The third kappa shape index (κ3) is 5.12. The number of hydrogen-bond acceptors (Lipinski definition) is 4. The molecule has 1 aromatic heterocycles. The molecule has 144 valence electrons. The Kier molecular flexibility index (Phi) is 6.34.